The molecule has 0 saturated carbocycles. The number of methoxy groups -OCH3 is 1. The Labute approximate surface area is 715 Å². The number of likely N-dealkylation sites (N-methyl/N-ethyl adjacent to an activating group) is 1. The van der Waals surface area contributed by atoms with E-state index in [4.69, 9.17) is 52.4 Å². The summed E-state index contributed by atoms with van der Waals surface area (Å²) < 4.78 is 16.3. The van der Waals surface area contributed by atoms with Gasteiger partial charge in [0.1, 0.15) is 58.2 Å². The van der Waals surface area contributed by atoms with E-state index in [1.165, 1.54) is 97.7 Å². The number of hydrogen-bond acceptors (Lipinski definition) is 26. The number of Topliss-reactive ketones (excluding diaryl/α,β-unsaturated/α-hetero) is 2. The van der Waals surface area contributed by atoms with Crippen molar-refractivity contribution >= 4 is 64.1 Å². The van der Waals surface area contributed by atoms with Crippen LogP contribution < -0.4 is 52.0 Å². The van der Waals surface area contributed by atoms with Crippen molar-refractivity contribution in [2.24, 2.45) is 5.92 Å². The molecule has 0 bridgehead atoms. The number of esters is 1. The number of fused-ring (bicyclic) bond motifs is 5. The summed E-state index contributed by atoms with van der Waals surface area (Å²) >= 11 is 0. The maximum Gasteiger partial charge on any atom is 0.320 e. The van der Waals surface area contributed by atoms with Crippen LogP contribution >= 0.6 is 0 Å². The molecule has 0 amide bonds. The quantitative estimate of drug-likeness (QED) is 0.0185. The highest BCUT2D eigenvalue weighted by Crippen LogP contribution is 2.37. The zero-order valence-electron chi connectivity index (χ0n) is 72.4. The molecule has 0 spiro atoms. The lowest BCUT2D eigenvalue weighted by molar-refractivity contribution is -0.147. The van der Waals surface area contributed by atoms with E-state index in [2.05, 4.69) is 169 Å². The molecule has 7 aliphatic rings. The number of unbranched alkanes of at least 4 members (excludes halogenated alkanes) is 6. The van der Waals surface area contributed by atoms with Crippen molar-refractivity contribution in [2.45, 2.75) is 215 Å². The van der Waals surface area contributed by atoms with Crippen molar-refractivity contribution in [1.29, 1.82) is 5.26 Å². The maximum absolute atomic E-state index is 12.5. The van der Waals surface area contributed by atoms with Crippen molar-refractivity contribution < 1.29 is 28.6 Å². The fraction of sp³-hybridized carbons (Fsp3) is 0.495. The average Bonchev–Trinajstić information content (AvgIpc) is 1.43. The standard InChI is InChI=1S/C26H35N5O4.C25H35N5.C23H31N5O2.C21H25N5/c1-3-4-12-35-26-28-23(27)22-14-21(32)17-31(24(22)29-26)16-19-7-5-6-18(13-19)15-30-10-8-20(9-11-30)25(33)34-2;1-3-4-5-11-23-27-24(26)22-14-19(2)16-30(25(22)28-23)18-21-10-8-9-20(15-21)17-29-12-6-7-13-29;1-3-5-10-30-23-25-21(24)20-12-19(29)15-28(22(20)26-23)13-16-6-7-17-8-9-27(4-2)14-18(17)11-16;1-3-4-5-9-19-24-20(23)18-10-15(2)13-26(21(18)25-19)14-17-8-6-7-16(11-17)12-22/h5-7,13,20H,3-4,8-12,14-17H2,1-2H3,(H2,27,28,29);8-10,15H,2-7,11-14,16-18H2,1H3,(H2,26,27,28);6-7,11H,3-5,8-10,12-15H2,1-2H3,(H2,24,25,26);6-8,11H,2-5,9-10,13-14H2,1H3,(H2,23,24,25). The number of likely N-dealkylation sites (tertiary alicyclic amines) is 2. The molecule has 4 aromatic heterocycles. The van der Waals surface area contributed by atoms with Crippen LogP contribution in [0.4, 0.5) is 46.5 Å². The molecule has 8 N–H and O–H groups in total. The van der Waals surface area contributed by atoms with Crippen LogP contribution in [0.5, 0.6) is 12.0 Å². The van der Waals surface area contributed by atoms with Gasteiger partial charge in [-0.3, -0.25) is 29.1 Å². The van der Waals surface area contributed by atoms with Gasteiger partial charge >= 0.3 is 18.0 Å². The lowest BCUT2D eigenvalue weighted by Crippen LogP contribution is -2.37. The molecule has 26 heteroatoms. The smallest absolute Gasteiger partial charge is 0.320 e. The summed E-state index contributed by atoms with van der Waals surface area (Å²) in [6.45, 7) is 34.4. The lowest BCUT2D eigenvalue weighted by Gasteiger charge is -2.32. The molecular formula is C95H126N20O6. The third-order valence-corrected chi connectivity index (χ3v) is 23.4. The molecule has 121 heavy (non-hydrogen) atoms. The predicted octanol–water partition coefficient (Wildman–Crippen LogP) is 13.8. The fourth-order valence-corrected chi connectivity index (χ4v) is 16.9. The molecule has 11 heterocycles. The van der Waals surface area contributed by atoms with Gasteiger partial charge < -0.3 is 56.7 Å². The highest BCUT2D eigenvalue weighted by molar-refractivity contribution is 5.92. The molecule has 2 saturated heterocycles. The second-order valence-electron chi connectivity index (χ2n) is 33.3. The average molecular weight is 1640 g/mol. The predicted molar refractivity (Wildman–Crippen MR) is 480 cm³/mol. The van der Waals surface area contributed by atoms with Crippen LogP contribution in [-0.2, 0) is 110 Å². The first-order valence-corrected chi connectivity index (χ1v) is 44.0. The Bertz CT molecular complexity index is 4940. The number of ketones is 2. The minimum absolute atomic E-state index is 0.00422. The van der Waals surface area contributed by atoms with Gasteiger partial charge in [0.25, 0.3) is 0 Å². The Morgan fingerprint density at radius 2 is 0.876 bits per heavy atom. The first-order chi connectivity index (χ1) is 58.7. The van der Waals surface area contributed by atoms with Gasteiger partial charge in [-0.05, 0) is 147 Å². The van der Waals surface area contributed by atoms with Gasteiger partial charge in [0.15, 0.2) is 11.6 Å². The number of aromatic nitrogens is 8. The number of nitrogen functional groups attached to an aromatic ring is 4. The van der Waals surface area contributed by atoms with Crippen LogP contribution in [0.3, 0.4) is 0 Å². The SMILES string of the molecule is C=C1Cc2c(N)nc(CCCCC)nc2N(Cc2cccc(C#N)c2)C1.C=C1Cc2c(N)nc(CCCCC)nc2N(Cc2cccc(CN3CCCC3)c2)C1.CCCCOc1nc(N)c2c(n1)N(Cc1ccc3c(c1)CN(CC)CC3)CC(=O)C2.CCCCOc1nc(N)c2c(n1)N(Cc1cccc(CN3CCC(C(=O)OC)CC3)c1)CC(=O)C2. The molecule has 4 aromatic carbocycles. The summed E-state index contributed by atoms with van der Waals surface area (Å²) in [6.07, 6.45) is 20.0. The van der Waals surface area contributed by atoms with E-state index >= 15 is 0 Å². The fourth-order valence-electron chi connectivity index (χ4n) is 16.9. The highest BCUT2D eigenvalue weighted by atomic mass is 16.5. The molecule has 0 radical (unpaired) electrons. The van der Waals surface area contributed by atoms with Crippen molar-refractivity contribution in [2.75, 3.05) is 128 Å². The van der Waals surface area contributed by atoms with E-state index in [1.54, 1.807) is 0 Å². The number of piperidine rings is 1. The van der Waals surface area contributed by atoms with Crippen molar-refractivity contribution in [3.63, 3.8) is 0 Å². The van der Waals surface area contributed by atoms with Crippen LogP contribution in [0.1, 0.15) is 208 Å². The van der Waals surface area contributed by atoms with Gasteiger partial charge in [0, 0.05) is 126 Å². The Balaban J connectivity index is 0.000000148. The van der Waals surface area contributed by atoms with Gasteiger partial charge in [-0.25, -0.2) is 19.9 Å². The van der Waals surface area contributed by atoms with Gasteiger partial charge in [-0.15, -0.1) is 0 Å². The number of nitrogens with two attached hydrogens (primary N) is 4. The normalized spacial score (nSPS) is 15.9. The van der Waals surface area contributed by atoms with Crippen LogP contribution in [-0.4, -0.2) is 158 Å². The van der Waals surface area contributed by atoms with E-state index < -0.39 is 0 Å². The van der Waals surface area contributed by atoms with Gasteiger partial charge in [-0.1, -0.05) is 176 Å². The van der Waals surface area contributed by atoms with Gasteiger partial charge in [0.2, 0.25) is 0 Å². The van der Waals surface area contributed by atoms with Crippen LogP contribution in [0.2, 0.25) is 0 Å². The minimum Gasteiger partial charge on any atom is -0.469 e. The van der Waals surface area contributed by atoms with Crippen molar-refractivity contribution in [3.05, 3.63) is 199 Å². The molecule has 0 aliphatic carbocycles. The van der Waals surface area contributed by atoms with E-state index in [-0.39, 0.29) is 48.9 Å². The summed E-state index contributed by atoms with van der Waals surface area (Å²) in [7, 11) is 1.45. The van der Waals surface area contributed by atoms with Gasteiger partial charge in [-0.2, -0.15) is 25.2 Å². The number of carbonyl (C=O) groups excluding carboxylic acids is 3. The Kier molecular flexibility index (Phi) is 32.3. The van der Waals surface area contributed by atoms with E-state index in [1.807, 2.05) is 40.1 Å². The summed E-state index contributed by atoms with van der Waals surface area (Å²) in [5, 5.41) is 9.13. The number of rotatable bonds is 30. The highest BCUT2D eigenvalue weighted by Gasteiger charge is 2.33. The number of aryl methyl sites for hydroxylation is 2. The molecular weight excluding hydrogens is 1520 g/mol. The van der Waals surface area contributed by atoms with Crippen LogP contribution in [0.15, 0.2) is 115 Å². The van der Waals surface area contributed by atoms with E-state index in [0.717, 1.165) is 206 Å². The number of ether oxygens (including phenoxy) is 3. The Morgan fingerprint density at radius 3 is 1.34 bits per heavy atom. The van der Waals surface area contributed by atoms with Crippen LogP contribution in [0.25, 0.3) is 0 Å². The summed E-state index contributed by atoms with van der Waals surface area (Å²) in [5.41, 5.74) is 41.4. The van der Waals surface area contributed by atoms with E-state index in [9.17, 15) is 14.4 Å². The molecule has 15 rings (SSSR count). The third-order valence-electron chi connectivity index (χ3n) is 23.4. The van der Waals surface area contributed by atoms with Crippen LogP contribution in [0, 0.1) is 17.2 Å². The monoisotopic (exact) mass is 1640 g/mol. The lowest BCUT2D eigenvalue weighted by atomic mass is 9.96. The molecule has 26 nitrogen and oxygen atoms in total. The zero-order chi connectivity index (χ0) is 85.3. The molecule has 0 unspecified atom stereocenters. The van der Waals surface area contributed by atoms with Gasteiger partial charge in [0.05, 0.1) is 51.0 Å². The summed E-state index contributed by atoms with van der Waals surface area (Å²) in [6, 6.07) is 34.5. The Morgan fingerprint density at radius 1 is 0.455 bits per heavy atom. The molecule has 642 valence electrons. The Hall–Kier alpha value is -11.1. The number of anilines is 8. The van der Waals surface area contributed by atoms with Crippen molar-refractivity contribution in [1.82, 2.24) is 54.6 Å². The minimum atomic E-state index is -0.105. The molecule has 2 fully saturated rings. The number of nitriles is 1. The molecule has 7 aliphatic heterocycles. The number of benzene rings is 4. The largest absolute Gasteiger partial charge is 0.469 e. The summed E-state index contributed by atoms with van der Waals surface area (Å²) in [4.78, 5) is 89.2. The first kappa shape index (κ1) is 89.1. The second kappa shape index (κ2) is 43.9. The third kappa shape index (κ3) is 24.8. The van der Waals surface area contributed by atoms with E-state index in [0.29, 0.717) is 91.2 Å². The number of carbonyl (C=O) groups is 3. The maximum atomic E-state index is 12.5. The number of nitrogens with zero attached hydrogens (tertiary/aromatic N) is 16. The molecule has 0 atom stereocenters. The van der Waals surface area contributed by atoms with Crippen molar-refractivity contribution in [3.8, 4) is 18.1 Å². The zero-order valence-corrected chi connectivity index (χ0v) is 72.4. The first-order valence-electron chi connectivity index (χ1n) is 44.0. The topological polar surface area (TPSA) is 333 Å². The number of hydrogen-bond donors (Lipinski definition) is 4. The molecule has 8 aromatic rings. The summed E-state index contributed by atoms with van der Waals surface area (Å²) in [5.74, 6) is 6.99. The second-order valence-corrected chi connectivity index (χ2v) is 33.3.